The molecule has 1 amide bonds. The SMILES string of the molecule is CS(=O)(=O)CC1CCC(NC(=O)[C@H]2CCCN(S(=O)(=O)c3ccccc3)C2)CC1. The molecule has 1 saturated heterocycles. The molecule has 1 saturated carbocycles. The Morgan fingerprint density at radius 1 is 1.03 bits per heavy atom. The lowest BCUT2D eigenvalue weighted by Crippen LogP contribution is -2.48. The summed E-state index contributed by atoms with van der Waals surface area (Å²) >= 11 is 0. The fraction of sp³-hybridized carbons (Fsp3) is 0.650. The standard InChI is InChI=1S/C20H30N2O5S2/c1-28(24,25)15-16-9-11-18(12-10-16)21-20(23)17-6-5-13-22(14-17)29(26,27)19-7-3-2-4-8-19/h2-4,7-8,16-18H,5-6,9-15H2,1H3,(H,21,23)/t16?,17-,18?/m0/s1. The van der Waals surface area contributed by atoms with Crippen LogP contribution < -0.4 is 5.32 Å². The molecule has 1 atom stereocenters. The number of sulfonamides is 1. The molecule has 162 valence electrons. The molecule has 1 aromatic rings. The topological polar surface area (TPSA) is 101 Å². The maximum Gasteiger partial charge on any atom is 0.243 e. The Morgan fingerprint density at radius 2 is 1.69 bits per heavy atom. The maximum absolute atomic E-state index is 12.8. The molecule has 0 spiro atoms. The zero-order valence-corrected chi connectivity index (χ0v) is 18.4. The van der Waals surface area contributed by atoms with Gasteiger partial charge in [-0.1, -0.05) is 18.2 Å². The molecule has 1 aliphatic carbocycles. The number of benzene rings is 1. The Kier molecular flexibility index (Phi) is 7.01. The number of piperidine rings is 1. The Bertz CT molecular complexity index is 907. The van der Waals surface area contributed by atoms with Gasteiger partial charge in [0, 0.05) is 25.4 Å². The highest BCUT2D eigenvalue weighted by atomic mass is 32.2. The van der Waals surface area contributed by atoms with Crippen molar-refractivity contribution in [2.45, 2.75) is 49.5 Å². The van der Waals surface area contributed by atoms with E-state index >= 15 is 0 Å². The van der Waals surface area contributed by atoms with Gasteiger partial charge in [-0.3, -0.25) is 4.79 Å². The van der Waals surface area contributed by atoms with E-state index in [0.717, 1.165) is 25.7 Å². The zero-order chi connectivity index (χ0) is 21.1. The molecular weight excluding hydrogens is 412 g/mol. The summed E-state index contributed by atoms with van der Waals surface area (Å²) in [6.45, 7) is 0.629. The van der Waals surface area contributed by atoms with Crippen LogP contribution in [0, 0.1) is 11.8 Å². The molecule has 3 rings (SSSR count). The van der Waals surface area contributed by atoms with Crippen LogP contribution in [0.3, 0.4) is 0 Å². The number of carbonyl (C=O) groups excluding carboxylic acids is 1. The quantitative estimate of drug-likeness (QED) is 0.724. The second-order valence-corrected chi connectivity index (χ2v) is 12.5. The summed E-state index contributed by atoms with van der Waals surface area (Å²) in [4.78, 5) is 13.0. The van der Waals surface area contributed by atoms with E-state index in [1.165, 1.54) is 10.6 Å². The van der Waals surface area contributed by atoms with Crippen LogP contribution in [0.4, 0.5) is 0 Å². The molecule has 1 heterocycles. The maximum atomic E-state index is 12.8. The van der Waals surface area contributed by atoms with Crippen molar-refractivity contribution in [1.29, 1.82) is 0 Å². The average molecular weight is 443 g/mol. The van der Waals surface area contributed by atoms with E-state index in [9.17, 15) is 21.6 Å². The minimum absolute atomic E-state index is 0.0411. The van der Waals surface area contributed by atoms with Crippen LogP contribution in [-0.2, 0) is 24.7 Å². The van der Waals surface area contributed by atoms with E-state index in [1.807, 2.05) is 0 Å². The van der Waals surface area contributed by atoms with Crippen LogP contribution in [0.15, 0.2) is 35.2 Å². The summed E-state index contributed by atoms with van der Waals surface area (Å²) < 4.78 is 50.0. The molecule has 0 bridgehead atoms. The van der Waals surface area contributed by atoms with Crippen molar-refractivity contribution in [3.05, 3.63) is 30.3 Å². The summed E-state index contributed by atoms with van der Waals surface area (Å²) in [5.41, 5.74) is 0. The summed E-state index contributed by atoms with van der Waals surface area (Å²) in [6, 6.07) is 8.36. The molecule has 1 aromatic carbocycles. The van der Waals surface area contributed by atoms with E-state index < -0.39 is 19.9 Å². The first-order valence-corrected chi connectivity index (χ1v) is 13.7. The third-order valence-corrected chi connectivity index (χ3v) is 8.82. The highest BCUT2D eigenvalue weighted by Crippen LogP contribution is 2.27. The van der Waals surface area contributed by atoms with Gasteiger partial charge < -0.3 is 5.32 Å². The van der Waals surface area contributed by atoms with Gasteiger partial charge in [-0.25, -0.2) is 16.8 Å². The lowest BCUT2D eigenvalue weighted by Gasteiger charge is -2.33. The third kappa shape index (κ3) is 6.02. The van der Waals surface area contributed by atoms with Gasteiger partial charge >= 0.3 is 0 Å². The van der Waals surface area contributed by atoms with Crippen molar-refractivity contribution in [1.82, 2.24) is 9.62 Å². The predicted octanol–water partition coefficient (Wildman–Crippen LogP) is 1.81. The number of amides is 1. The van der Waals surface area contributed by atoms with Crippen LogP contribution in [0.1, 0.15) is 38.5 Å². The first-order valence-electron chi connectivity index (χ1n) is 10.2. The zero-order valence-electron chi connectivity index (χ0n) is 16.8. The number of hydrogen-bond acceptors (Lipinski definition) is 5. The Morgan fingerprint density at radius 3 is 2.31 bits per heavy atom. The number of nitrogens with one attached hydrogen (secondary N) is 1. The smallest absolute Gasteiger partial charge is 0.243 e. The normalized spacial score (nSPS) is 26.7. The van der Waals surface area contributed by atoms with E-state index in [4.69, 9.17) is 0 Å². The summed E-state index contributed by atoms with van der Waals surface area (Å²) in [7, 11) is -6.56. The second kappa shape index (κ2) is 9.14. The van der Waals surface area contributed by atoms with Gasteiger partial charge in [0.15, 0.2) is 0 Å². The number of nitrogens with zero attached hydrogens (tertiary/aromatic N) is 1. The van der Waals surface area contributed by atoms with Crippen LogP contribution in [-0.4, -0.2) is 58.2 Å². The van der Waals surface area contributed by atoms with Crippen molar-refractivity contribution in [3.8, 4) is 0 Å². The van der Waals surface area contributed by atoms with Crippen molar-refractivity contribution >= 4 is 25.8 Å². The monoisotopic (exact) mass is 442 g/mol. The first kappa shape index (κ1) is 22.2. The predicted molar refractivity (Wildman–Crippen MR) is 112 cm³/mol. The van der Waals surface area contributed by atoms with Crippen LogP contribution in [0.2, 0.25) is 0 Å². The summed E-state index contributed by atoms with van der Waals surface area (Å²) in [6.07, 6.45) is 5.71. The molecule has 9 heteroatoms. The summed E-state index contributed by atoms with van der Waals surface area (Å²) in [5.74, 6) is -0.0670. The largest absolute Gasteiger partial charge is 0.353 e. The minimum atomic E-state index is -3.59. The fourth-order valence-corrected chi connectivity index (χ4v) is 7.07. The molecule has 1 aliphatic heterocycles. The lowest BCUT2D eigenvalue weighted by atomic mass is 9.86. The van der Waals surface area contributed by atoms with Crippen molar-refractivity contribution < 1.29 is 21.6 Å². The molecule has 0 radical (unpaired) electrons. The van der Waals surface area contributed by atoms with Gasteiger partial charge in [0.25, 0.3) is 0 Å². The van der Waals surface area contributed by atoms with E-state index in [1.54, 1.807) is 30.3 Å². The van der Waals surface area contributed by atoms with Crippen molar-refractivity contribution in [2.75, 3.05) is 25.1 Å². The Hall–Kier alpha value is -1.45. The van der Waals surface area contributed by atoms with Crippen LogP contribution in [0.25, 0.3) is 0 Å². The van der Waals surface area contributed by atoms with Gasteiger partial charge in [-0.15, -0.1) is 0 Å². The van der Waals surface area contributed by atoms with Gasteiger partial charge in [0.1, 0.15) is 9.84 Å². The van der Waals surface area contributed by atoms with E-state index in [2.05, 4.69) is 5.32 Å². The molecule has 7 nitrogen and oxygen atoms in total. The molecule has 0 unspecified atom stereocenters. The Labute approximate surface area is 173 Å². The summed E-state index contributed by atoms with van der Waals surface area (Å²) in [5, 5.41) is 3.07. The average Bonchev–Trinajstić information content (AvgIpc) is 2.69. The first-order chi connectivity index (χ1) is 13.6. The molecular formula is C20H30N2O5S2. The highest BCUT2D eigenvalue weighted by molar-refractivity contribution is 7.90. The molecule has 1 N–H and O–H groups in total. The fourth-order valence-electron chi connectivity index (χ4n) is 4.34. The molecule has 2 fully saturated rings. The second-order valence-electron chi connectivity index (χ2n) is 8.33. The number of carbonyl (C=O) groups is 1. The molecule has 0 aromatic heterocycles. The highest BCUT2D eigenvalue weighted by Gasteiger charge is 2.34. The van der Waals surface area contributed by atoms with Gasteiger partial charge in [0.05, 0.1) is 16.6 Å². The third-order valence-electron chi connectivity index (χ3n) is 5.87. The van der Waals surface area contributed by atoms with Crippen molar-refractivity contribution in [2.24, 2.45) is 11.8 Å². The van der Waals surface area contributed by atoms with Crippen LogP contribution in [0.5, 0.6) is 0 Å². The van der Waals surface area contributed by atoms with Crippen molar-refractivity contribution in [3.63, 3.8) is 0 Å². The number of hydrogen-bond donors (Lipinski definition) is 1. The van der Waals surface area contributed by atoms with Crippen LogP contribution >= 0.6 is 0 Å². The Balaban J connectivity index is 1.54. The number of sulfone groups is 1. The van der Waals surface area contributed by atoms with Gasteiger partial charge in [0.2, 0.25) is 15.9 Å². The minimum Gasteiger partial charge on any atom is -0.353 e. The molecule has 29 heavy (non-hydrogen) atoms. The van der Waals surface area contributed by atoms with E-state index in [-0.39, 0.29) is 41.0 Å². The molecule has 2 aliphatic rings. The lowest BCUT2D eigenvalue weighted by molar-refractivity contribution is -0.127. The van der Waals surface area contributed by atoms with E-state index in [0.29, 0.717) is 19.4 Å². The van der Waals surface area contributed by atoms with Gasteiger partial charge in [-0.05, 0) is 56.6 Å². The van der Waals surface area contributed by atoms with Gasteiger partial charge in [-0.2, -0.15) is 4.31 Å². The number of rotatable bonds is 6.